The molecular formula is C10H10N2OS. The molecule has 14 heavy (non-hydrogen) atoms. The van der Waals surface area contributed by atoms with E-state index in [1.807, 2.05) is 19.1 Å². The van der Waals surface area contributed by atoms with Crippen molar-refractivity contribution in [2.24, 2.45) is 0 Å². The van der Waals surface area contributed by atoms with Gasteiger partial charge in [-0.15, -0.1) is 0 Å². The summed E-state index contributed by atoms with van der Waals surface area (Å²) in [7, 11) is 0. The molecule has 0 N–H and O–H groups in total. The van der Waals surface area contributed by atoms with Gasteiger partial charge in [-0.3, -0.25) is 4.98 Å². The van der Waals surface area contributed by atoms with Gasteiger partial charge in [0.1, 0.15) is 10.8 Å². The number of aromatic nitrogens is 2. The molecule has 0 spiro atoms. The smallest absolute Gasteiger partial charge is 0.115 e. The minimum absolute atomic E-state index is 0.797. The zero-order valence-electron chi connectivity index (χ0n) is 7.80. The number of furan rings is 1. The maximum absolute atomic E-state index is 5.22. The Morgan fingerprint density at radius 2 is 2.36 bits per heavy atom. The Kier molecular flexibility index (Phi) is 2.84. The molecule has 2 aromatic rings. The minimum Gasteiger partial charge on any atom is -0.468 e. The number of hydrogen-bond donors (Lipinski definition) is 0. The molecule has 0 aliphatic heterocycles. The first kappa shape index (κ1) is 9.27. The molecule has 0 aromatic carbocycles. The highest BCUT2D eigenvalue weighted by Crippen LogP contribution is 2.20. The van der Waals surface area contributed by atoms with Crippen molar-refractivity contribution in [2.75, 3.05) is 0 Å². The van der Waals surface area contributed by atoms with E-state index in [2.05, 4.69) is 9.97 Å². The fraction of sp³-hybridized carbons (Fsp3) is 0.200. The maximum Gasteiger partial charge on any atom is 0.115 e. The molecule has 0 aliphatic carbocycles. The molecule has 0 saturated heterocycles. The van der Waals surface area contributed by atoms with Crippen LogP contribution in [0.25, 0.3) is 0 Å². The van der Waals surface area contributed by atoms with Crippen LogP contribution in [-0.4, -0.2) is 9.97 Å². The summed E-state index contributed by atoms with van der Waals surface area (Å²) in [5.74, 6) is 1.75. The van der Waals surface area contributed by atoms with Gasteiger partial charge in [-0.25, -0.2) is 4.98 Å². The van der Waals surface area contributed by atoms with Crippen LogP contribution in [0.1, 0.15) is 11.5 Å². The van der Waals surface area contributed by atoms with Gasteiger partial charge < -0.3 is 4.42 Å². The van der Waals surface area contributed by atoms with Crippen LogP contribution in [0.15, 0.2) is 40.2 Å². The fourth-order valence-corrected chi connectivity index (χ4v) is 1.85. The third-order valence-electron chi connectivity index (χ3n) is 1.68. The van der Waals surface area contributed by atoms with Gasteiger partial charge in [-0.1, -0.05) is 11.8 Å². The summed E-state index contributed by atoms with van der Waals surface area (Å²) in [5.41, 5.74) is 0.939. The number of rotatable bonds is 3. The van der Waals surface area contributed by atoms with Crippen LogP contribution in [0, 0.1) is 6.92 Å². The molecule has 0 aliphatic rings. The molecule has 2 rings (SSSR count). The van der Waals surface area contributed by atoms with Crippen LogP contribution in [-0.2, 0) is 5.75 Å². The average molecular weight is 206 g/mol. The van der Waals surface area contributed by atoms with Gasteiger partial charge in [-0.05, 0) is 19.1 Å². The fourth-order valence-electron chi connectivity index (χ4n) is 1.05. The molecule has 0 unspecified atom stereocenters. The number of aryl methyl sites for hydroxylation is 1. The van der Waals surface area contributed by atoms with Crippen molar-refractivity contribution in [1.29, 1.82) is 0 Å². The largest absolute Gasteiger partial charge is 0.468 e. The molecule has 3 nitrogen and oxygen atoms in total. The van der Waals surface area contributed by atoms with Crippen LogP contribution >= 0.6 is 11.8 Å². The van der Waals surface area contributed by atoms with Gasteiger partial charge in [0.25, 0.3) is 0 Å². The highest BCUT2D eigenvalue weighted by molar-refractivity contribution is 7.98. The molecule has 0 radical (unpaired) electrons. The lowest BCUT2D eigenvalue weighted by Gasteiger charge is -1.98. The van der Waals surface area contributed by atoms with Crippen molar-refractivity contribution >= 4 is 11.8 Å². The third-order valence-corrected chi connectivity index (χ3v) is 2.60. The van der Waals surface area contributed by atoms with Gasteiger partial charge in [0.2, 0.25) is 0 Å². The molecule has 0 atom stereocenters. The van der Waals surface area contributed by atoms with Crippen LogP contribution in [0.3, 0.4) is 0 Å². The predicted molar refractivity (Wildman–Crippen MR) is 55.0 cm³/mol. The SMILES string of the molecule is Cc1cncc(SCc2ccco2)n1. The number of nitrogens with zero attached hydrogens (tertiary/aromatic N) is 2. The molecule has 4 heteroatoms. The lowest BCUT2D eigenvalue weighted by molar-refractivity contribution is 0.530. The normalized spacial score (nSPS) is 10.4. The van der Waals surface area contributed by atoms with Crippen molar-refractivity contribution < 1.29 is 4.42 Å². The van der Waals surface area contributed by atoms with Gasteiger partial charge in [-0.2, -0.15) is 0 Å². The standard InChI is InChI=1S/C10H10N2OS/c1-8-5-11-6-10(12-8)14-7-9-3-2-4-13-9/h2-6H,7H2,1H3. The van der Waals surface area contributed by atoms with Crippen LogP contribution in [0.4, 0.5) is 0 Å². The summed E-state index contributed by atoms with van der Waals surface area (Å²) in [6, 6.07) is 3.84. The van der Waals surface area contributed by atoms with Crippen LogP contribution in [0.5, 0.6) is 0 Å². The van der Waals surface area contributed by atoms with E-state index in [9.17, 15) is 0 Å². The first-order valence-electron chi connectivity index (χ1n) is 4.28. The highest BCUT2D eigenvalue weighted by atomic mass is 32.2. The molecule has 2 aromatic heterocycles. The van der Waals surface area contributed by atoms with Crippen LogP contribution < -0.4 is 0 Å². The third kappa shape index (κ3) is 2.35. The second-order valence-corrected chi connectivity index (χ2v) is 3.86. The van der Waals surface area contributed by atoms with Gasteiger partial charge in [0, 0.05) is 6.20 Å². The topological polar surface area (TPSA) is 38.9 Å². The monoisotopic (exact) mass is 206 g/mol. The summed E-state index contributed by atoms with van der Waals surface area (Å²) in [5, 5.41) is 0.932. The Hall–Kier alpha value is -1.29. The molecule has 0 bridgehead atoms. The Labute approximate surface area is 86.6 Å². The first-order valence-corrected chi connectivity index (χ1v) is 5.27. The van der Waals surface area contributed by atoms with E-state index < -0.39 is 0 Å². The Balaban J connectivity index is 1.98. The zero-order valence-corrected chi connectivity index (χ0v) is 8.62. The van der Waals surface area contributed by atoms with E-state index in [0.29, 0.717) is 0 Å². The second kappa shape index (κ2) is 4.28. The molecular weight excluding hydrogens is 196 g/mol. The predicted octanol–water partition coefficient (Wildman–Crippen LogP) is 2.67. The molecule has 0 amide bonds. The molecule has 0 saturated carbocycles. The molecule has 72 valence electrons. The van der Waals surface area contributed by atoms with E-state index in [1.54, 1.807) is 30.4 Å². The van der Waals surface area contributed by atoms with Gasteiger partial charge >= 0.3 is 0 Å². The average Bonchev–Trinajstić information content (AvgIpc) is 2.67. The number of thioether (sulfide) groups is 1. The summed E-state index contributed by atoms with van der Waals surface area (Å²) in [6.07, 6.45) is 5.19. The maximum atomic E-state index is 5.22. The lowest BCUT2D eigenvalue weighted by atomic mass is 10.5. The van der Waals surface area contributed by atoms with Crippen molar-refractivity contribution in [1.82, 2.24) is 9.97 Å². The van der Waals surface area contributed by atoms with Crippen LogP contribution in [0.2, 0.25) is 0 Å². The van der Waals surface area contributed by atoms with E-state index >= 15 is 0 Å². The second-order valence-electron chi connectivity index (χ2n) is 2.87. The Bertz CT molecular complexity index is 400. The van der Waals surface area contributed by atoms with E-state index in [0.717, 1.165) is 22.2 Å². The number of hydrogen-bond acceptors (Lipinski definition) is 4. The summed E-state index contributed by atoms with van der Waals surface area (Å²) >= 11 is 1.62. The highest BCUT2D eigenvalue weighted by Gasteiger charge is 1.99. The lowest BCUT2D eigenvalue weighted by Crippen LogP contribution is -1.86. The zero-order chi connectivity index (χ0) is 9.80. The van der Waals surface area contributed by atoms with E-state index in [-0.39, 0.29) is 0 Å². The van der Waals surface area contributed by atoms with Crippen molar-refractivity contribution in [3.05, 3.63) is 42.2 Å². The van der Waals surface area contributed by atoms with Crippen molar-refractivity contribution in [3.8, 4) is 0 Å². The summed E-state index contributed by atoms with van der Waals surface area (Å²) in [4.78, 5) is 8.40. The molecule has 2 heterocycles. The van der Waals surface area contributed by atoms with Gasteiger partial charge in [0.05, 0.1) is 23.9 Å². The quantitative estimate of drug-likeness (QED) is 0.724. The Morgan fingerprint density at radius 1 is 1.43 bits per heavy atom. The van der Waals surface area contributed by atoms with Gasteiger partial charge in [0.15, 0.2) is 0 Å². The molecule has 0 fully saturated rings. The minimum atomic E-state index is 0.797. The first-order chi connectivity index (χ1) is 6.84. The summed E-state index contributed by atoms with van der Waals surface area (Å²) < 4.78 is 5.22. The van der Waals surface area contributed by atoms with Crippen molar-refractivity contribution in [3.63, 3.8) is 0 Å². The van der Waals surface area contributed by atoms with E-state index in [4.69, 9.17) is 4.42 Å². The Morgan fingerprint density at radius 3 is 3.07 bits per heavy atom. The van der Waals surface area contributed by atoms with E-state index in [1.165, 1.54) is 0 Å². The van der Waals surface area contributed by atoms with Crippen molar-refractivity contribution in [2.45, 2.75) is 17.7 Å². The summed E-state index contributed by atoms with van der Waals surface area (Å²) in [6.45, 7) is 1.93.